The number of likely N-dealkylation sites (N-methyl/N-ethyl adjacent to an activating group) is 1. The summed E-state index contributed by atoms with van der Waals surface area (Å²) in [7, 11) is 5.24. The minimum absolute atomic E-state index is 0.0393. The van der Waals surface area contributed by atoms with Crippen LogP contribution in [0.2, 0.25) is 0 Å². The van der Waals surface area contributed by atoms with Crippen molar-refractivity contribution in [3.63, 3.8) is 0 Å². The quantitative estimate of drug-likeness (QED) is 0.762. The molecule has 0 spiro atoms. The van der Waals surface area contributed by atoms with E-state index in [1.807, 2.05) is 55.6 Å². The first-order valence-electron chi connectivity index (χ1n) is 10.4. The number of benzene rings is 2. The van der Waals surface area contributed by atoms with E-state index in [0.29, 0.717) is 18.7 Å². The molecule has 1 aliphatic rings. The molecule has 1 aliphatic heterocycles. The minimum Gasteiger partial charge on any atom is -0.392 e. The van der Waals surface area contributed by atoms with E-state index in [1.165, 1.54) is 4.90 Å². The number of rotatable bonds is 7. The first-order valence-corrected chi connectivity index (χ1v) is 10.4. The van der Waals surface area contributed by atoms with Crippen LogP contribution < -0.4 is 0 Å². The maximum absolute atomic E-state index is 13.2. The van der Waals surface area contributed by atoms with Crippen LogP contribution in [0.15, 0.2) is 54.6 Å². The van der Waals surface area contributed by atoms with Gasteiger partial charge in [0, 0.05) is 46.3 Å². The lowest BCUT2D eigenvalue weighted by Crippen LogP contribution is -2.39. The van der Waals surface area contributed by atoms with Gasteiger partial charge in [0.05, 0.1) is 18.6 Å². The van der Waals surface area contributed by atoms with Crippen molar-refractivity contribution in [1.82, 2.24) is 14.7 Å². The van der Waals surface area contributed by atoms with Crippen LogP contribution in [0.5, 0.6) is 0 Å². The highest BCUT2D eigenvalue weighted by atomic mass is 16.3. The highest BCUT2D eigenvalue weighted by molar-refractivity contribution is 5.96. The Kier molecular flexibility index (Phi) is 7.24. The van der Waals surface area contributed by atoms with E-state index in [-0.39, 0.29) is 30.4 Å². The summed E-state index contributed by atoms with van der Waals surface area (Å²) in [4.78, 5) is 31.3. The van der Waals surface area contributed by atoms with E-state index in [9.17, 15) is 14.7 Å². The predicted molar refractivity (Wildman–Crippen MR) is 117 cm³/mol. The zero-order chi connectivity index (χ0) is 21.7. The van der Waals surface area contributed by atoms with Gasteiger partial charge in [0.2, 0.25) is 5.91 Å². The lowest BCUT2D eigenvalue weighted by molar-refractivity contribution is -0.131. The standard InChI is InChI=1S/C24H31N3O3/c1-25(2)24(30)21-12-8-7-11-19(21)15-23(29)26(3)22(18-9-5-4-6-10-18)17-27-14-13-20(28)16-27/h4-12,20,22,28H,13-17H2,1-3H3. The Morgan fingerprint density at radius 1 is 1.07 bits per heavy atom. The summed E-state index contributed by atoms with van der Waals surface area (Å²) in [5.74, 6) is -0.144. The Morgan fingerprint density at radius 3 is 2.37 bits per heavy atom. The molecule has 1 saturated heterocycles. The third kappa shape index (κ3) is 5.26. The van der Waals surface area contributed by atoms with Crippen LogP contribution in [0.4, 0.5) is 0 Å². The smallest absolute Gasteiger partial charge is 0.253 e. The molecule has 3 rings (SSSR count). The van der Waals surface area contributed by atoms with Crippen LogP contribution >= 0.6 is 0 Å². The van der Waals surface area contributed by atoms with Gasteiger partial charge >= 0.3 is 0 Å². The Balaban J connectivity index is 1.80. The van der Waals surface area contributed by atoms with Crippen molar-refractivity contribution in [2.24, 2.45) is 0 Å². The maximum Gasteiger partial charge on any atom is 0.253 e. The third-order valence-corrected chi connectivity index (χ3v) is 5.72. The number of aliphatic hydroxyl groups is 1. The number of amides is 2. The van der Waals surface area contributed by atoms with Crippen LogP contribution in [0.25, 0.3) is 0 Å². The van der Waals surface area contributed by atoms with Crippen LogP contribution in [0.1, 0.15) is 33.9 Å². The van der Waals surface area contributed by atoms with Gasteiger partial charge in [0.15, 0.2) is 0 Å². The van der Waals surface area contributed by atoms with Crippen molar-refractivity contribution in [2.45, 2.75) is 25.0 Å². The van der Waals surface area contributed by atoms with Crippen molar-refractivity contribution in [2.75, 3.05) is 40.8 Å². The lowest BCUT2D eigenvalue weighted by Gasteiger charge is -2.32. The fourth-order valence-corrected chi connectivity index (χ4v) is 3.93. The number of hydrogen-bond donors (Lipinski definition) is 1. The summed E-state index contributed by atoms with van der Waals surface area (Å²) in [6.45, 7) is 2.12. The molecule has 1 fully saturated rings. The van der Waals surface area contributed by atoms with Crippen LogP contribution in [0, 0.1) is 0 Å². The summed E-state index contributed by atoms with van der Waals surface area (Å²) >= 11 is 0. The lowest BCUT2D eigenvalue weighted by atomic mass is 10.0. The van der Waals surface area contributed by atoms with Crippen molar-refractivity contribution in [3.8, 4) is 0 Å². The number of aliphatic hydroxyl groups excluding tert-OH is 1. The van der Waals surface area contributed by atoms with Crippen molar-refractivity contribution >= 4 is 11.8 Å². The van der Waals surface area contributed by atoms with Gasteiger partial charge in [-0.05, 0) is 23.6 Å². The molecule has 0 aliphatic carbocycles. The molecule has 2 unspecified atom stereocenters. The molecular weight excluding hydrogens is 378 g/mol. The first kappa shape index (κ1) is 22.0. The second-order valence-corrected chi connectivity index (χ2v) is 8.17. The van der Waals surface area contributed by atoms with E-state index in [1.54, 1.807) is 25.1 Å². The van der Waals surface area contributed by atoms with Gasteiger partial charge in [-0.1, -0.05) is 48.5 Å². The van der Waals surface area contributed by atoms with Crippen molar-refractivity contribution in [3.05, 3.63) is 71.3 Å². The molecule has 2 aromatic carbocycles. The molecule has 6 nitrogen and oxygen atoms in total. The van der Waals surface area contributed by atoms with Crippen LogP contribution in [-0.2, 0) is 11.2 Å². The molecule has 6 heteroatoms. The predicted octanol–water partition coefficient (Wildman–Crippen LogP) is 2.20. The summed E-state index contributed by atoms with van der Waals surface area (Å²) in [5, 5.41) is 9.89. The summed E-state index contributed by atoms with van der Waals surface area (Å²) in [5.41, 5.74) is 2.35. The van der Waals surface area contributed by atoms with E-state index in [0.717, 1.165) is 24.1 Å². The highest BCUT2D eigenvalue weighted by Crippen LogP contribution is 2.24. The Morgan fingerprint density at radius 2 is 1.73 bits per heavy atom. The number of hydrogen-bond acceptors (Lipinski definition) is 4. The number of β-amino-alcohol motifs (C(OH)–C–C–N with tert-alkyl or cyclic N) is 1. The largest absolute Gasteiger partial charge is 0.392 e. The average molecular weight is 410 g/mol. The van der Waals surface area contributed by atoms with Gasteiger partial charge in [-0.25, -0.2) is 0 Å². The fourth-order valence-electron chi connectivity index (χ4n) is 3.93. The summed E-state index contributed by atoms with van der Waals surface area (Å²) < 4.78 is 0. The molecule has 2 atom stereocenters. The third-order valence-electron chi connectivity index (χ3n) is 5.72. The summed E-state index contributed by atoms with van der Waals surface area (Å²) in [6, 6.07) is 17.1. The van der Waals surface area contributed by atoms with E-state index < -0.39 is 0 Å². The SMILES string of the molecule is CN(C)C(=O)c1ccccc1CC(=O)N(C)C(CN1CCC(O)C1)c1ccccc1. The average Bonchev–Trinajstić information content (AvgIpc) is 3.16. The van der Waals surface area contributed by atoms with Gasteiger partial charge < -0.3 is 14.9 Å². The van der Waals surface area contributed by atoms with E-state index >= 15 is 0 Å². The topological polar surface area (TPSA) is 64.1 Å². The highest BCUT2D eigenvalue weighted by Gasteiger charge is 2.28. The molecular formula is C24H31N3O3. The normalized spacial score (nSPS) is 17.5. The zero-order valence-electron chi connectivity index (χ0n) is 18.0. The monoisotopic (exact) mass is 409 g/mol. The van der Waals surface area contributed by atoms with Crippen molar-refractivity contribution < 1.29 is 14.7 Å². The molecule has 0 saturated carbocycles. The van der Waals surface area contributed by atoms with E-state index in [4.69, 9.17) is 0 Å². The first-order chi connectivity index (χ1) is 14.4. The van der Waals surface area contributed by atoms with Gasteiger partial charge in [-0.3, -0.25) is 14.5 Å². The number of carbonyl (C=O) groups excluding carboxylic acids is 2. The van der Waals surface area contributed by atoms with Gasteiger partial charge in [-0.15, -0.1) is 0 Å². The number of likely N-dealkylation sites (tertiary alicyclic amines) is 1. The Labute approximate surface area is 178 Å². The van der Waals surface area contributed by atoms with Gasteiger partial charge in [0.1, 0.15) is 0 Å². The van der Waals surface area contributed by atoms with Crippen LogP contribution in [-0.4, -0.2) is 78.5 Å². The van der Waals surface area contributed by atoms with Gasteiger partial charge in [-0.2, -0.15) is 0 Å². The van der Waals surface area contributed by atoms with Crippen LogP contribution in [0.3, 0.4) is 0 Å². The Hall–Kier alpha value is -2.70. The molecule has 2 amide bonds. The molecule has 160 valence electrons. The second-order valence-electron chi connectivity index (χ2n) is 8.17. The van der Waals surface area contributed by atoms with E-state index in [2.05, 4.69) is 4.90 Å². The molecule has 0 aromatic heterocycles. The fraction of sp³-hybridized carbons (Fsp3) is 0.417. The second kappa shape index (κ2) is 9.87. The molecule has 30 heavy (non-hydrogen) atoms. The summed E-state index contributed by atoms with van der Waals surface area (Å²) in [6.07, 6.45) is 0.628. The zero-order valence-corrected chi connectivity index (χ0v) is 18.0. The molecule has 1 N–H and O–H groups in total. The Bertz CT molecular complexity index is 869. The van der Waals surface area contributed by atoms with Crippen molar-refractivity contribution in [1.29, 1.82) is 0 Å². The molecule has 1 heterocycles. The number of carbonyl (C=O) groups is 2. The molecule has 0 radical (unpaired) electrons. The number of nitrogens with zero attached hydrogens (tertiary/aromatic N) is 3. The molecule has 0 bridgehead atoms. The molecule has 2 aromatic rings. The maximum atomic E-state index is 13.2. The minimum atomic E-state index is -0.300. The van der Waals surface area contributed by atoms with Gasteiger partial charge in [0.25, 0.3) is 5.91 Å².